The number of hydrogen-bond donors (Lipinski definition) is 0. The van der Waals surface area contributed by atoms with Gasteiger partial charge in [-0.05, 0) is 32.9 Å². The first-order valence-electron chi connectivity index (χ1n) is 11.9. The Morgan fingerprint density at radius 3 is 2.70 bits per heavy atom. The van der Waals surface area contributed by atoms with Crippen molar-refractivity contribution in [2.45, 2.75) is 59.2 Å². The number of rotatable bonds is 5. The lowest BCUT2D eigenvalue weighted by Gasteiger charge is -2.31. The second kappa shape index (κ2) is 10.0. The van der Waals surface area contributed by atoms with Gasteiger partial charge in [-0.1, -0.05) is 12.1 Å². The van der Waals surface area contributed by atoms with E-state index in [4.69, 9.17) is 19.0 Å². The Morgan fingerprint density at radius 2 is 2.05 bits per heavy atom. The minimum Gasteiger partial charge on any atom is -0.494 e. The van der Waals surface area contributed by atoms with E-state index in [0.717, 1.165) is 6.07 Å². The normalized spacial score (nSPS) is 13.2. The lowest BCUT2D eigenvalue weighted by molar-refractivity contribution is 0.0221. The molecule has 0 saturated carbocycles. The fourth-order valence-electron chi connectivity index (χ4n) is 4.16. The van der Waals surface area contributed by atoms with Gasteiger partial charge >= 0.3 is 6.09 Å². The number of amides is 1. The Morgan fingerprint density at radius 1 is 1.30 bits per heavy atom. The predicted octanol–water partition coefficient (Wildman–Crippen LogP) is 3.82. The number of aryl methyl sites for hydroxylation is 1. The number of fused-ring (bicyclic) bond motifs is 1. The minimum atomic E-state index is -0.665. The summed E-state index contributed by atoms with van der Waals surface area (Å²) in [5.41, 5.74) is 1.00. The van der Waals surface area contributed by atoms with Crippen LogP contribution in [0.1, 0.15) is 56.0 Å². The van der Waals surface area contributed by atoms with Gasteiger partial charge < -0.3 is 18.9 Å². The average molecular weight is 510 g/mol. The maximum absolute atomic E-state index is 14.1. The molecule has 0 saturated heterocycles. The van der Waals surface area contributed by atoms with Gasteiger partial charge in [0.2, 0.25) is 0 Å². The number of nitrogens with zero attached hydrogens (tertiary/aromatic N) is 5. The van der Waals surface area contributed by atoms with Gasteiger partial charge in [0.05, 0.1) is 37.0 Å². The number of benzene rings is 1. The van der Waals surface area contributed by atoms with Crippen molar-refractivity contribution >= 4 is 6.09 Å². The molecule has 1 aliphatic rings. The van der Waals surface area contributed by atoms with Crippen LogP contribution in [0.25, 0.3) is 11.3 Å². The molecule has 1 aromatic carbocycles. The molecule has 0 radical (unpaired) electrons. The highest BCUT2D eigenvalue weighted by atomic mass is 19.1. The molecule has 4 rings (SSSR count). The zero-order chi connectivity index (χ0) is 26.9. The van der Waals surface area contributed by atoms with Gasteiger partial charge in [-0.2, -0.15) is 5.26 Å². The fraction of sp³-hybridized carbons (Fsp3) is 0.423. The molecule has 0 N–H and O–H groups in total. The lowest BCUT2D eigenvalue weighted by Crippen LogP contribution is -2.43. The van der Waals surface area contributed by atoms with Crippen LogP contribution in [0, 0.1) is 17.1 Å². The van der Waals surface area contributed by atoms with E-state index < -0.39 is 17.5 Å². The summed E-state index contributed by atoms with van der Waals surface area (Å²) in [4.78, 5) is 32.3. The Bertz CT molecular complexity index is 1450. The van der Waals surface area contributed by atoms with E-state index in [0.29, 0.717) is 47.7 Å². The largest absolute Gasteiger partial charge is 0.494 e. The summed E-state index contributed by atoms with van der Waals surface area (Å²) in [5, 5.41) is 13.5. The van der Waals surface area contributed by atoms with Gasteiger partial charge in [-0.15, -0.1) is 0 Å². The number of carbonyl (C=O) groups is 1. The first-order chi connectivity index (χ1) is 17.5. The number of methoxy groups -OCH3 is 1. The van der Waals surface area contributed by atoms with Crippen LogP contribution in [0.4, 0.5) is 9.18 Å². The molecule has 0 aliphatic carbocycles. The van der Waals surface area contributed by atoms with Crippen molar-refractivity contribution in [1.29, 1.82) is 5.26 Å². The second-order valence-corrected chi connectivity index (χ2v) is 9.68. The van der Waals surface area contributed by atoms with Gasteiger partial charge in [0.1, 0.15) is 23.2 Å². The first-order valence-corrected chi connectivity index (χ1v) is 11.9. The SMILES string of the molecule is CCc1nc2c(c(=O)n1Cc1cc(-c3cc(OC)c(F)cc3C#N)on1)CN(C(=O)OC(C)(C)C)CC2. The predicted molar refractivity (Wildman–Crippen MR) is 130 cm³/mol. The molecule has 10 nitrogen and oxygen atoms in total. The van der Waals surface area contributed by atoms with E-state index in [-0.39, 0.29) is 35.7 Å². The van der Waals surface area contributed by atoms with Crippen LogP contribution in [0.3, 0.4) is 0 Å². The molecule has 1 aliphatic heterocycles. The highest BCUT2D eigenvalue weighted by molar-refractivity contribution is 5.69. The number of carbonyl (C=O) groups excluding carboxylic acids is 1. The van der Waals surface area contributed by atoms with Crippen LogP contribution >= 0.6 is 0 Å². The Kier molecular flexibility index (Phi) is 7.03. The Balaban J connectivity index is 1.66. The van der Waals surface area contributed by atoms with Crippen LogP contribution in [-0.2, 0) is 30.7 Å². The lowest BCUT2D eigenvalue weighted by atomic mass is 10.0. The van der Waals surface area contributed by atoms with E-state index in [1.165, 1.54) is 22.6 Å². The van der Waals surface area contributed by atoms with Gasteiger partial charge in [-0.25, -0.2) is 14.2 Å². The topological polar surface area (TPSA) is 123 Å². The second-order valence-electron chi connectivity index (χ2n) is 9.68. The number of nitriles is 1. The molecular formula is C26H28FN5O5. The summed E-state index contributed by atoms with van der Waals surface area (Å²) in [6.45, 7) is 7.86. The fourth-order valence-corrected chi connectivity index (χ4v) is 4.16. The molecule has 2 aromatic heterocycles. The van der Waals surface area contributed by atoms with E-state index in [2.05, 4.69) is 5.16 Å². The smallest absolute Gasteiger partial charge is 0.410 e. The third kappa shape index (κ3) is 5.33. The van der Waals surface area contributed by atoms with E-state index >= 15 is 0 Å². The average Bonchev–Trinajstić information content (AvgIpc) is 3.32. The summed E-state index contributed by atoms with van der Waals surface area (Å²) in [7, 11) is 1.33. The van der Waals surface area contributed by atoms with E-state index in [1.807, 2.05) is 13.0 Å². The molecule has 1 amide bonds. The number of ether oxygens (including phenoxy) is 2. The molecule has 0 fully saturated rings. The van der Waals surface area contributed by atoms with Crippen molar-refractivity contribution in [2.24, 2.45) is 0 Å². The van der Waals surface area contributed by atoms with Crippen LogP contribution in [0.5, 0.6) is 5.75 Å². The number of hydrogen-bond acceptors (Lipinski definition) is 8. The van der Waals surface area contributed by atoms with Crippen molar-refractivity contribution in [3.05, 3.63) is 62.7 Å². The monoisotopic (exact) mass is 509 g/mol. The van der Waals surface area contributed by atoms with Crippen LogP contribution in [-0.4, -0.2) is 45.0 Å². The van der Waals surface area contributed by atoms with Crippen molar-refractivity contribution in [1.82, 2.24) is 19.6 Å². The third-order valence-electron chi connectivity index (χ3n) is 5.92. The third-order valence-corrected chi connectivity index (χ3v) is 5.92. The first kappa shape index (κ1) is 25.9. The number of aromatic nitrogens is 3. The standard InChI is InChI=1S/C26H28FN5O5/c1-6-23-29-20-7-8-31(25(34)36-26(2,3)4)14-18(20)24(33)32(23)13-16-10-21(37-30-16)17-11-22(35-5)19(27)9-15(17)12-28/h9-11H,6-8,13-14H2,1-5H3. The zero-order valence-electron chi connectivity index (χ0n) is 21.4. The molecule has 194 valence electrons. The minimum absolute atomic E-state index is 0.0372. The molecule has 0 bridgehead atoms. The summed E-state index contributed by atoms with van der Waals surface area (Å²) < 4.78 is 31.5. The van der Waals surface area contributed by atoms with Crippen molar-refractivity contribution in [2.75, 3.05) is 13.7 Å². The van der Waals surface area contributed by atoms with Crippen molar-refractivity contribution in [3.8, 4) is 23.1 Å². The van der Waals surface area contributed by atoms with E-state index in [1.54, 1.807) is 26.8 Å². The Hall–Kier alpha value is -4.20. The van der Waals surface area contributed by atoms with Gasteiger partial charge in [0.15, 0.2) is 17.3 Å². The summed E-state index contributed by atoms with van der Waals surface area (Å²) in [6.07, 6.45) is 0.485. The molecule has 3 aromatic rings. The molecule has 0 spiro atoms. The highest BCUT2D eigenvalue weighted by Gasteiger charge is 2.29. The van der Waals surface area contributed by atoms with Crippen molar-refractivity contribution in [3.63, 3.8) is 0 Å². The van der Waals surface area contributed by atoms with Crippen molar-refractivity contribution < 1.29 is 23.2 Å². The molecule has 37 heavy (non-hydrogen) atoms. The summed E-state index contributed by atoms with van der Waals surface area (Å²) in [6, 6.07) is 5.97. The molecule has 3 heterocycles. The number of halogens is 1. The van der Waals surface area contributed by atoms with Crippen LogP contribution in [0.2, 0.25) is 0 Å². The highest BCUT2D eigenvalue weighted by Crippen LogP contribution is 2.31. The van der Waals surface area contributed by atoms with Crippen LogP contribution in [0.15, 0.2) is 27.5 Å². The summed E-state index contributed by atoms with van der Waals surface area (Å²) in [5.74, 6) is 0.116. The summed E-state index contributed by atoms with van der Waals surface area (Å²) >= 11 is 0. The van der Waals surface area contributed by atoms with Crippen LogP contribution < -0.4 is 10.3 Å². The maximum Gasteiger partial charge on any atom is 0.410 e. The molecule has 0 atom stereocenters. The zero-order valence-corrected chi connectivity index (χ0v) is 21.4. The maximum atomic E-state index is 14.1. The molecule has 0 unspecified atom stereocenters. The van der Waals surface area contributed by atoms with Gasteiger partial charge in [0.25, 0.3) is 5.56 Å². The molecule has 11 heteroatoms. The van der Waals surface area contributed by atoms with Gasteiger partial charge in [-0.3, -0.25) is 9.36 Å². The van der Waals surface area contributed by atoms with Gasteiger partial charge in [0, 0.05) is 31.0 Å². The Labute approximate surface area is 213 Å². The van der Waals surface area contributed by atoms with E-state index in [9.17, 15) is 19.2 Å². The quantitative estimate of drug-likeness (QED) is 0.509. The molecular weight excluding hydrogens is 481 g/mol.